The topological polar surface area (TPSA) is 77.3 Å². The van der Waals surface area contributed by atoms with Gasteiger partial charge in [0, 0.05) is 5.56 Å². The summed E-state index contributed by atoms with van der Waals surface area (Å²) >= 11 is 0. The largest absolute Gasteiger partial charge is 0.481 e. The van der Waals surface area contributed by atoms with E-state index in [-0.39, 0.29) is 11.7 Å². The zero-order chi connectivity index (χ0) is 20.3. The first-order valence-corrected chi connectivity index (χ1v) is 9.33. The van der Waals surface area contributed by atoms with Crippen molar-refractivity contribution in [2.75, 3.05) is 5.32 Å². The van der Waals surface area contributed by atoms with Crippen LogP contribution in [0.2, 0.25) is 0 Å². The molecule has 2 aromatic carbocycles. The van der Waals surface area contributed by atoms with Gasteiger partial charge in [-0.05, 0) is 71.9 Å². The van der Waals surface area contributed by atoms with Crippen molar-refractivity contribution in [3.05, 3.63) is 59.2 Å². The number of carbonyl (C=O) groups is 1. The van der Waals surface area contributed by atoms with Gasteiger partial charge < -0.3 is 10.1 Å². The number of ether oxygens (including phenoxy) is 1. The summed E-state index contributed by atoms with van der Waals surface area (Å²) in [7, 11) is 0. The lowest BCUT2D eigenvalue weighted by Gasteiger charge is -2.15. The van der Waals surface area contributed by atoms with Gasteiger partial charge in [0.2, 0.25) is 5.82 Å². The molecule has 0 aliphatic carbocycles. The number of aromatic nitrogens is 2. The summed E-state index contributed by atoms with van der Waals surface area (Å²) in [5, 5.41) is 10.5. The van der Waals surface area contributed by atoms with E-state index in [1.807, 2.05) is 56.3 Å². The molecule has 0 saturated carbocycles. The summed E-state index contributed by atoms with van der Waals surface area (Å²) in [6.45, 7) is 10.0. The minimum atomic E-state index is -0.700. The van der Waals surface area contributed by atoms with Crippen LogP contribution in [0.4, 0.5) is 5.82 Å². The maximum absolute atomic E-state index is 12.5. The Kier molecular flexibility index (Phi) is 5.78. The first kappa shape index (κ1) is 19.6. The molecule has 1 N–H and O–H groups in total. The number of carbonyl (C=O) groups excluding carboxylic acids is 1. The maximum Gasteiger partial charge on any atom is 0.266 e. The molecule has 3 rings (SSSR count). The van der Waals surface area contributed by atoms with Crippen LogP contribution in [0.1, 0.15) is 43.4 Å². The lowest BCUT2D eigenvalue weighted by atomic mass is 10.0. The number of rotatable bonds is 6. The highest BCUT2D eigenvalue weighted by atomic mass is 16.6. The van der Waals surface area contributed by atoms with Gasteiger partial charge >= 0.3 is 0 Å². The second kappa shape index (κ2) is 8.25. The van der Waals surface area contributed by atoms with Gasteiger partial charge in [-0.2, -0.15) is 0 Å². The highest BCUT2D eigenvalue weighted by Crippen LogP contribution is 2.26. The van der Waals surface area contributed by atoms with Crippen molar-refractivity contribution < 1.29 is 14.2 Å². The SMILES string of the molecule is Cc1ccc(-c2nonc2NC(=O)[C@@H](C)Oc2ccc(C(C)C)cc2)cc1C. The third kappa shape index (κ3) is 4.39. The Morgan fingerprint density at radius 3 is 2.36 bits per heavy atom. The molecular formula is C22H25N3O3. The molecular weight excluding hydrogens is 354 g/mol. The molecule has 0 fully saturated rings. The minimum absolute atomic E-state index is 0.277. The number of aryl methyl sites for hydroxylation is 2. The van der Waals surface area contributed by atoms with Crippen LogP contribution in [-0.2, 0) is 4.79 Å². The number of amides is 1. The highest BCUT2D eigenvalue weighted by molar-refractivity contribution is 5.96. The molecule has 1 aromatic heterocycles. The van der Waals surface area contributed by atoms with Crippen LogP contribution in [0.5, 0.6) is 5.75 Å². The number of hydrogen-bond acceptors (Lipinski definition) is 5. The summed E-state index contributed by atoms with van der Waals surface area (Å²) in [4.78, 5) is 12.5. The molecule has 0 unspecified atom stereocenters. The van der Waals surface area contributed by atoms with E-state index in [1.54, 1.807) is 6.92 Å². The molecule has 0 bridgehead atoms. The molecule has 146 valence electrons. The Morgan fingerprint density at radius 2 is 1.71 bits per heavy atom. The van der Waals surface area contributed by atoms with E-state index in [2.05, 4.69) is 29.5 Å². The molecule has 0 saturated heterocycles. The van der Waals surface area contributed by atoms with Crippen LogP contribution < -0.4 is 10.1 Å². The van der Waals surface area contributed by atoms with E-state index in [1.165, 1.54) is 11.1 Å². The normalized spacial score (nSPS) is 12.1. The van der Waals surface area contributed by atoms with E-state index >= 15 is 0 Å². The van der Waals surface area contributed by atoms with Crippen molar-refractivity contribution in [1.82, 2.24) is 10.3 Å². The maximum atomic E-state index is 12.5. The molecule has 28 heavy (non-hydrogen) atoms. The number of nitrogens with zero attached hydrogens (tertiary/aromatic N) is 2. The summed E-state index contributed by atoms with van der Waals surface area (Å²) < 4.78 is 10.6. The minimum Gasteiger partial charge on any atom is -0.481 e. The van der Waals surface area contributed by atoms with Crippen molar-refractivity contribution in [1.29, 1.82) is 0 Å². The van der Waals surface area contributed by atoms with Crippen LogP contribution in [0.3, 0.4) is 0 Å². The van der Waals surface area contributed by atoms with E-state index in [0.29, 0.717) is 17.4 Å². The molecule has 0 radical (unpaired) electrons. The molecule has 1 atom stereocenters. The second-order valence-corrected chi connectivity index (χ2v) is 7.23. The average Bonchev–Trinajstić information content (AvgIpc) is 3.12. The summed E-state index contributed by atoms with van der Waals surface area (Å²) in [5.41, 5.74) is 4.84. The van der Waals surface area contributed by atoms with Gasteiger partial charge in [0.25, 0.3) is 5.91 Å². The number of hydrogen-bond donors (Lipinski definition) is 1. The van der Waals surface area contributed by atoms with Gasteiger partial charge in [0.1, 0.15) is 5.75 Å². The molecule has 0 aliphatic heterocycles. The lowest BCUT2D eigenvalue weighted by molar-refractivity contribution is -0.122. The molecule has 6 nitrogen and oxygen atoms in total. The molecule has 6 heteroatoms. The standard InChI is InChI=1S/C22H25N3O3/c1-13(2)17-8-10-19(11-9-17)27-16(5)22(26)23-21-20(24-28-25-21)18-7-6-14(3)15(4)12-18/h6-13,16H,1-5H3,(H,23,25,26)/t16-/m1/s1. The van der Waals surface area contributed by atoms with Gasteiger partial charge in [-0.25, -0.2) is 4.63 Å². The quantitative estimate of drug-likeness (QED) is 0.660. The number of benzene rings is 2. The predicted octanol–water partition coefficient (Wildman–Crippen LogP) is 4.88. The fourth-order valence-electron chi connectivity index (χ4n) is 2.76. The van der Waals surface area contributed by atoms with Gasteiger partial charge in [0.15, 0.2) is 11.8 Å². The Labute approximate surface area is 164 Å². The average molecular weight is 379 g/mol. The Morgan fingerprint density at radius 1 is 1.00 bits per heavy atom. The third-order valence-corrected chi connectivity index (χ3v) is 4.74. The second-order valence-electron chi connectivity index (χ2n) is 7.23. The first-order chi connectivity index (χ1) is 13.3. The van der Waals surface area contributed by atoms with E-state index in [9.17, 15) is 4.79 Å². The molecule has 3 aromatic rings. The number of nitrogens with one attached hydrogen (secondary N) is 1. The third-order valence-electron chi connectivity index (χ3n) is 4.74. The van der Waals surface area contributed by atoms with Gasteiger partial charge in [-0.3, -0.25) is 4.79 Å². The molecule has 0 spiro atoms. The summed E-state index contributed by atoms with van der Waals surface area (Å²) in [5.74, 6) is 1.03. The van der Waals surface area contributed by atoms with Crippen LogP contribution >= 0.6 is 0 Å². The van der Waals surface area contributed by atoms with E-state index in [4.69, 9.17) is 9.37 Å². The van der Waals surface area contributed by atoms with Gasteiger partial charge in [0.05, 0.1) is 0 Å². The van der Waals surface area contributed by atoms with E-state index < -0.39 is 6.10 Å². The Balaban J connectivity index is 1.69. The van der Waals surface area contributed by atoms with Crippen molar-refractivity contribution >= 4 is 11.7 Å². The van der Waals surface area contributed by atoms with Crippen molar-refractivity contribution in [2.24, 2.45) is 0 Å². The smallest absolute Gasteiger partial charge is 0.266 e. The molecule has 1 heterocycles. The van der Waals surface area contributed by atoms with Gasteiger partial charge in [-0.1, -0.05) is 38.1 Å². The first-order valence-electron chi connectivity index (χ1n) is 9.33. The van der Waals surface area contributed by atoms with Crippen LogP contribution in [0.15, 0.2) is 47.1 Å². The zero-order valence-electron chi connectivity index (χ0n) is 16.8. The predicted molar refractivity (Wildman–Crippen MR) is 108 cm³/mol. The monoisotopic (exact) mass is 379 g/mol. The zero-order valence-corrected chi connectivity index (χ0v) is 16.8. The fourth-order valence-corrected chi connectivity index (χ4v) is 2.76. The van der Waals surface area contributed by atoms with Crippen molar-refractivity contribution in [3.63, 3.8) is 0 Å². The molecule has 1 amide bonds. The summed E-state index contributed by atoms with van der Waals surface area (Å²) in [6.07, 6.45) is -0.700. The Hall–Kier alpha value is -3.15. The number of anilines is 1. The van der Waals surface area contributed by atoms with E-state index in [0.717, 1.165) is 11.1 Å². The highest BCUT2D eigenvalue weighted by Gasteiger charge is 2.20. The van der Waals surface area contributed by atoms with Crippen molar-refractivity contribution in [3.8, 4) is 17.0 Å². The van der Waals surface area contributed by atoms with Crippen LogP contribution in [0.25, 0.3) is 11.3 Å². The lowest BCUT2D eigenvalue weighted by Crippen LogP contribution is -2.30. The van der Waals surface area contributed by atoms with Crippen LogP contribution in [-0.4, -0.2) is 22.3 Å². The van der Waals surface area contributed by atoms with Crippen molar-refractivity contribution in [2.45, 2.75) is 46.6 Å². The summed E-state index contributed by atoms with van der Waals surface area (Å²) in [6, 6.07) is 13.7. The van der Waals surface area contributed by atoms with Gasteiger partial charge in [-0.15, -0.1) is 0 Å². The fraction of sp³-hybridized carbons (Fsp3) is 0.318. The van der Waals surface area contributed by atoms with Crippen LogP contribution in [0, 0.1) is 13.8 Å². The molecule has 0 aliphatic rings. The Bertz CT molecular complexity index is 961.